The zero-order valence-corrected chi connectivity index (χ0v) is 17.6. The maximum Gasteiger partial charge on any atom is 0.261 e. The van der Waals surface area contributed by atoms with E-state index in [0.717, 1.165) is 23.2 Å². The van der Waals surface area contributed by atoms with E-state index in [1.807, 2.05) is 64.8 Å². The summed E-state index contributed by atoms with van der Waals surface area (Å²) in [5, 5.41) is 11.9. The Morgan fingerprint density at radius 1 is 0.806 bits per heavy atom. The fraction of sp³-hybridized carbons (Fsp3) is 0.125. The lowest BCUT2D eigenvalue weighted by Crippen LogP contribution is -2.23. The maximum absolute atomic E-state index is 12.4. The van der Waals surface area contributed by atoms with Crippen LogP contribution in [0.1, 0.15) is 36.7 Å². The van der Waals surface area contributed by atoms with Crippen molar-refractivity contribution in [3.05, 3.63) is 112 Å². The minimum Gasteiger partial charge on any atom is -0.348 e. The Kier molecular flexibility index (Phi) is 6.54. The highest BCUT2D eigenvalue weighted by Gasteiger charge is 2.08. The number of carbonyl (C=O) groups excluding carboxylic acids is 2. The molecular formula is C24H22N4O2S. The zero-order chi connectivity index (χ0) is 21.5. The number of carbonyl (C=O) groups is 2. The third-order valence-corrected chi connectivity index (χ3v) is 5.66. The number of rotatable bonds is 8. The fourth-order valence-electron chi connectivity index (χ4n) is 3.08. The number of amides is 2. The molecule has 0 spiro atoms. The molecular weight excluding hydrogens is 408 g/mol. The van der Waals surface area contributed by atoms with Crippen LogP contribution in [0.15, 0.2) is 84.5 Å². The Balaban J connectivity index is 1.25. The molecule has 0 bridgehead atoms. The maximum atomic E-state index is 12.4. The van der Waals surface area contributed by atoms with Crippen LogP contribution < -0.4 is 10.6 Å². The molecule has 2 heterocycles. The van der Waals surface area contributed by atoms with Crippen LogP contribution in [0.4, 0.5) is 0 Å². The van der Waals surface area contributed by atoms with Crippen molar-refractivity contribution in [2.45, 2.75) is 19.6 Å². The molecule has 0 saturated carbocycles. The van der Waals surface area contributed by atoms with Crippen molar-refractivity contribution in [1.29, 1.82) is 0 Å². The highest BCUT2D eigenvalue weighted by atomic mass is 32.1. The number of hydrogen-bond donors (Lipinski definition) is 2. The van der Waals surface area contributed by atoms with Crippen molar-refractivity contribution in [3.63, 3.8) is 0 Å². The van der Waals surface area contributed by atoms with E-state index in [4.69, 9.17) is 0 Å². The molecule has 0 fully saturated rings. The molecule has 0 aliphatic heterocycles. The first-order valence-corrected chi connectivity index (χ1v) is 10.8. The molecule has 2 N–H and O–H groups in total. The van der Waals surface area contributed by atoms with Crippen molar-refractivity contribution >= 4 is 23.2 Å². The number of nitrogens with zero attached hydrogens (tertiary/aromatic N) is 2. The molecule has 0 aliphatic carbocycles. The summed E-state index contributed by atoms with van der Waals surface area (Å²) in [4.78, 5) is 25.1. The zero-order valence-electron chi connectivity index (χ0n) is 16.8. The lowest BCUT2D eigenvalue weighted by atomic mass is 10.1. The van der Waals surface area contributed by atoms with Gasteiger partial charge in [0.25, 0.3) is 11.8 Å². The molecule has 156 valence electrons. The molecule has 2 aromatic heterocycles. The number of aromatic nitrogens is 2. The van der Waals surface area contributed by atoms with Crippen LogP contribution in [0.25, 0.3) is 0 Å². The Bertz CT molecular complexity index is 1120. The van der Waals surface area contributed by atoms with E-state index in [1.165, 1.54) is 11.3 Å². The first kappa shape index (κ1) is 20.6. The van der Waals surface area contributed by atoms with Gasteiger partial charge in [0.2, 0.25) is 0 Å². The van der Waals surface area contributed by atoms with Crippen LogP contribution >= 0.6 is 11.3 Å². The van der Waals surface area contributed by atoms with E-state index in [9.17, 15) is 9.59 Å². The molecule has 4 rings (SSSR count). The van der Waals surface area contributed by atoms with Gasteiger partial charge in [0.15, 0.2) is 0 Å². The van der Waals surface area contributed by atoms with E-state index in [-0.39, 0.29) is 11.8 Å². The summed E-state index contributed by atoms with van der Waals surface area (Å²) >= 11 is 1.41. The van der Waals surface area contributed by atoms with Crippen molar-refractivity contribution < 1.29 is 9.59 Å². The average molecular weight is 431 g/mol. The van der Waals surface area contributed by atoms with Crippen LogP contribution in [0.5, 0.6) is 0 Å². The molecule has 6 nitrogen and oxygen atoms in total. The van der Waals surface area contributed by atoms with Gasteiger partial charge in [0, 0.05) is 31.0 Å². The van der Waals surface area contributed by atoms with Gasteiger partial charge in [-0.2, -0.15) is 5.10 Å². The predicted molar refractivity (Wildman–Crippen MR) is 121 cm³/mol. The Hall–Kier alpha value is -3.71. The number of thiophene rings is 1. The molecule has 31 heavy (non-hydrogen) atoms. The van der Waals surface area contributed by atoms with Crippen LogP contribution in [-0.2, 0) is 19.6 Å². The van der Waals surface area contributed by atoms with E-state index < -0.39 is 0 Å². The van der Waals surface area contributed by atoms with Gasteiger partial charge in [0.05, 0.1) is 11.4 Å². The van der Waals surface area contributed by atoms with Crippen molar-refractivity contribution in [1.82, 2.24) is 20.4 Å². The van der Waals surface area contributed by atoms with Gasteiger partial charge >= 0.3 is 0 Å². The SMILES string of the molecule is O=C(NCc1ccc(Cn2cccn2)cc1)c1ccc(CNC(=O)c2cccs2)cc1. The molecule has 2 aromatic carbocycles. The topological polar surface area (TPSA) is 76.0 Å². The van der Waals surface area contributed by atoms with Crippen LogP contribution in [-0.4, -0.2) is 21.6 Å². The summed E-state index contributed by atoms with van der Waals surface area (Å²) in [7, 11) is 0. The largest absolute Gasteiger partial charge is 0.348 e. The highest BCUT2D eigenvalue weighted by molar-refractivity contribution is 7.12. The van der Waals surface area contributed by atoms with E-state index >= 15 is 0 Å². The van der Waals surface area contributed by atoms with Gasteiger partial charge in [0.1, 0.15) is 0 Å². The van der Waals surface area contributed by atoms with Gasteiger partial charge < -0.3 is 10.6 Å². The molecule has 7 heteroatoms. The van der Waals surface area contributed by atoms with Crippen LogP contribution in [0.2, 0.25) is 0 Å². The molecule has 0 saturated heterocycles. The smallest absolute Gasteiger partial charge is 0.261 e. The van der Waals surface area contributed by atoms with Gasteiger partial charge in [-0.25, -0.2) is 0 Å². The van der Waals surface area contributed by atoms with E-state index in [0.29, 0.717) is 23.5 Å². The summed E-state index contributed by atoms with van der Waals surface area (Å²) in [6.07, 6.45) is 3.69. The second-order valence-electron chi connectivity index (χ2n) is 7.06. The molecule has 2 amide bonds. The Morgan fingerprint density at radius 2 is 1.45 bits per heavy atom. The summed E-state index contributed by atoms with van der Waals surface area (Å²) in [5.41, 5.74) is 3.71. The minimum absolute atomic E-state index is 0.0903. The monoisotopic (exact) mass is 430 g/mol. The molecule has 0 atom stereocenters. The van der Waals surface area contributed by atoms with E-state index in [2.05, 4.69) is 15.7 Å². The van der Waals surface area contributed by atoms with E-state index in [1.54, 1.807) is 24.4 Å². The number of nitrogens with one attached hydrogen (secondary N) is 2. The summed E-state index contributed by atoms with van der Waals surface area (Å²) < 4.78 is 1.87. The summed E-state index contributed by atoms with van der Waals surface area (Å²) in [6.45, 7) is 1.60. The predicted octanol–water partition coefficient (Wildman–Crippen LogP) is 3.85. The highest BCUT2D eigenvalue weighted by Crippen LogP contribution is 2.10. The summed E-state index contributed by atoms with van der Waals surface area (Å²) in [6, 6.07) is 20.9. The lowest BCUT2D eigenvalue weighted by molar-refractivity contribution is 0.0943. The van der Waals surface area contributed by atoms with Gasteiger partial charge in [-0.3, -0.25) is 14.3 Å². The molecule has 0 unspecified atom stereocenters. The van der Waals surface area contributed by atoms with Gasteiger partial charge in [-0.1, -0.05) is 42.5 Å². The van der Waals surface area contributed by atoms with Gasteiger partial charge in [-0.15, -0.1) is 11.3 Å². The average Bonchev–Trinajstić information content (AvgIpc) is 3.52. The Morgan fingerprint density at radius 3 is 2.06 bits per heavy atom. The van der Waals surface area contributed by atoms with Gasteiger partial charge in [-0.05, 0) is 46.3 Å². The quantitative estimate of drug-likeness (QED) is 0.446. The second-order valence-corrected chi connectivity index (χ2v) is 8.01. The third-order valence-electron chi connectivity index (χ3n) is 4.79. The third kappa shape index (κ3) is 5.67. The van der Waals surface area contributed by atoms with Crippen molar-refractivity contribution in [2.75, 3.05) is 0 Å². The number of benzene rings is 2. The normalized spacial score (nSPS) is 10.6. The molecule has 0 aliphatic rings. The standard InChI is InChI=1S/C24H22N4O2S/c29-23(25-15-18-4-6-20(7-5-18)17-28-13-2-12-27-28)21-10-8-19(9-11-21)16-26-24(30)22-3-1-14-31-22/h1-14H,15-17H2,(H,25,29)(H,26,30). The Labute approximate surface area is 184 Å². The summed E-state index contributed by atoms with van der Waals surface area (Å²) in [5.74, 6) is -0.220. The lowest BCUT2D eigenvalue weighted by Gasteiger charge is -2.08. The van der Waals surface area contributed by atoms with Crippen molar-refractivity contribution in [2.24, 2.45) is 0 Å². The molecule has 0 radical (unpaired) electrons. The minimum atomic E-state index is -0.130. The second kappa shape index (κ2) is 9.86. The first-order valence-electron chi connectivity index (χ1n) is 9.91. The van der Waals surface area contributed by atoms with Crippen molar-refractivity contribution in [3.8, 4) is 0 Å². The number of hydrogen-bond acceptors (Lipinski definition) is 4. The van der Waals surface area contributed by atoms with Crippen LogP contribution in [0, 0.1) is 0 Å². The van der Waals surface area contributed by atoms with Crippen LogP contribution in [0.3, 0.4) is 0 Å². The fourth-order valence-corrected chi connectivity index (χ4v) is 3.72. The molecule has 4 aromatic rings. The first-order chi connectivity index (χ1) is 15.2.